The molecule has 0 radical (unpaired) electrons. The number of hydrogen-bond acceptors (Lipinski definition) is 3. The zero-order chi connectivity index (χ0) is 21.0. The summed E-state index contributed by atoms with van der Waals surface area (Å²) < 4.78 is 21.4. The van der Waals surface area contributed by atoms with Crippen molar-refractivity contribution in [3.63, 3.8) is 0 Å². The van der Waals surface area contributed by atoms with Gasteiger partial charge in [0.15, 0.2) is 0 Å². The maximum atomic E-state index is 14.4. The van der Waals surface area contributed by atoms with E-state index in [1.54, 1.807) is 25.1 Å². The largest absolute Gasteiger partial charge is 0.462 e. The molecule has 3 aromatic rings. The van der Waals surface area contributed by atoms with Crippen molar-refractivity contribution in [2.75, 3.05) is 13.2 Å². The molecule has 0 bridgehead atoms. The van der Waals surface area contributed by atoms with Crippen LogP contribution in [0.3, 0.4) is 0 Å². The molecule has 1 heterocycles. The highest BCUT2D eigenvalue weighted by Gasteiger charge is 2.19. The molecule has 1 N–H and O–H groups in total. The van der Waals surface area contributed by atoms with Crippen molar-refractivity contribution < 1.29 is 13.9 Å². The lowest BCUT2D eigenvalue weighted by molar-refractivity contribution is 0.0526. The average Bonchev–Trinajstić information content (AvgIpc) is 2.97. The van der Waals surface area contributed by atoms with E-state index in [1.807, 2.05) is 35.8 Å². The summed E-state index contributed by atoms with van der Waals surface area (Å²) in [6.07, 6.45) is 1.39. The number of nitrogens with one attached hydrogen (secondary N) is 1. The number of benzene rings is 2. The summed E-state index contributed by atoms with van der Waals surface area (Å²) in [6.45, 7) is 4.26. The molecule has 0 unspecified atom stereocenters. The number of allylic oxidation sites excluding steroid dienone is 1. The third-order valence-electron chi connectivity index (χ3n) is 4.66. The van der Waals surface area contributed by atoms with Crippen molar-refractivity contribution in [3.05, 3.63) is 70.6 Å². The zero-order valence-corrected chi connectivity index (χ0v) is 17.6. The van der Waals surface area contributed by atoms with Crippen LogP contribution in [0.25, 0.3) is 22.0 Å². The predicted molar refractivity (Wildman–Crippen MR) is 116 cm³/mol. The van der Waals surface area contributed by atoms with Gasteiger partial charge in [0.25, 0.3) is 0 Å². The van der Waals surface area contributed by atoms with E-state index in [2.05, 4.69) is 4.84 Å². The molecule has 0 aliphatic carbocycles. The van der Waals surface area contributed by atoms with Crippen LogP contribution >= 0.6 is 23.4 Å². The molecule has 7 heteroatoms. The van der Waals surface area contributed by atoms with E-state index in [1.165, 1.54) is 6.08 Å². The molecule has 3 rings (SSSR count). The molecule has 152 valence electrons. The van der Waals surface area contributed by atoms with Crippen LogP contribution in [0.5, 0.6) is 0 Å². The van der Waals surface area contributed by atoms with Crippen LogP contribution in [0.1, 0.15) is 23.0 Å². The maximum Gasteiger partial charge on any atom is 0.338 e. The highest BCUT2D eigenvalue weighted by atomic mass is 35.5. The molecule has 0 atom stereocenters. The molecule has 0 spiro atoms. The molecule has 29 heavy (non-hydrogen) atoms. The molecule has 0 saturated heterocycles. The standard InChI is InChI=1S/C22H21Cl2FN2O2/c1-3-29-22(28)16-7-8-20-19(12-16)21(15-5-4-6-17(23)11-15)14(2)27(20)13-18(25)9-10-26-24/h4-9,11-12,26H,3,10,13H2,1-2H3/b18-9-. The molecule has 2 aromatic carbocycles. The van der Waals surface area contributed by atoms with E-state index < -0.39 is 5.97 Å². The Kier molecular flexibility index (Phi) is 6.96. The van der Waals surface area contributed by atoms with Gasteiger partial charge in [-0.15, -0.1) is 0 Å². The fourth-order valence-electron chi connectivity index (χ4n) is 3.40. The number of carbonyl (C=O) groups is 1. The molecule has 0 fully saturated rings. The number of carbonyl (C=O) groups excluding carboxylic acids is 1. The normalized spacial score (nSPS) is 11.8. The summed E-state index contributed by atoms with van der Waals surface area (Å²) in [6, 6.07) is 12.8. The van der Waals surface area contributed by atoms with Gasteiger partial charge in [-0.2, -0.15) is 0 Å². The minimum atomic E-state index is -0.392. The first-order chi connectivity index (χ1) is 14.0. The van der Waals surface area contributed by atoms with Gasteiger partial charge in [0, 0.05) is 33.7 Å². The molecule has 0 saturated carbocycles. The van der Waals surface area contributed by atoms with Gasteiger partial charge in [0.05, 0.1) is 18.7 Å². The third kappa shape index (κ3) is 4.64. The van der Waals surface area contributed by atoms with Crippen LogP contribution in [-0.2, 0) is 11.3 Å². The van der Waals surface area contributed by atoms with Crippen molar-refractivity contribution in [2.24, 2.45) is 0 Å². The first-order valence-electron chi connectivity index (χ1n) is 9.20. The molecule has 4 nitrogen and oxygen atoms in total. The Bertz CT molecular complexity index is 1080. The van der Waals surface area contributed by atoms with Gasteiger partial charge in [-0.25, -0.2) is 14.0 Å². The highest BCUT2D eigenvalue weighted by Crippen LogP contribution is 2.36. The number of hydrogen-bond donors (Lipinski definition) is 1. The smallest absolute Gasteiger partial charge is 0.338 e. The number of esters is 1. The first-order valence-corrected chi connectivity index (χ1v) is 9.95. The molecule has 0 amide bonds. The Balaban J connectivity index is 2.21. The van der Waals surface area contributed by atoms with Crippen molar-refractivity contribution in [3.8, 4) is 11.1 Å². The minimum Gasteiger partial charge on any atom is -0.462 e. The van der Waals surface area contributed by atoms with Crippen LogP contribution < -0.4 is 4.84 Å². The van der Waals surface area contributed by atoms with Crippen molar-refractivity contribution >= 4 is 40.2 Å². The number of nitrogens with zero attached hydrogens (tertiary/aromatic N) is 1. The lowest BCUT2D eigenvalue weighted by Gasteiger charge is -2.08. The van der Waals surface area contributed by atoms with Crippen LogP contribution in [0.2, 0.25) is 5.02 Å². The fourth-order valence-corrected chi connectivity index (χ4v) is 3.67. The number of rotatable bonds is 7. The van der Waals surface area contributed by atoms with Crippen molar-refractivity contribution in [1.82, 2.24) is 9.40 Å². The maximum absolute atomic E-state index is 14.4. The molecule has 0 aliphatic rings. The summed E-state index contributed by atoms with van der Waals surface area (Å²) in [4.78, 5) is 14.6. The molecule has 0 aliphatic heterocycles. The lowest BCUT2D eigenvalue weighted by atomic mass is 10.0. The topological polar surface area (TPSA) is 43.3 Å². The quantitative estimate of drug-likeness (QED) is 0.363. The van der Waals surface area contributed by atoms with Crippen LogP contribution in [0.4, 0.5) is 4.39 Å². The third-order valence-corrected chi connectivity index (χ3v) is 5.05. The second-order valence-electron chi connectivity index (χ2n) is 6.50. The number of halogens is 3. The van der Waals surface area contributed by atoms with E-state index in [-0.39, 0.29) is 18.9 Å². The van der Waals surface area contributed by atoms with Gasteiger partial charge >= 0.3 is 5.97 Å². The number of aromatic nitrogens is 1. The van der Waals surface area contributed by atoms with E-state index >= 15 is 0 Å². The Hall–Kier alpha value is -2.34. The van der Waals surface area contributed by atoms with Crippen LogP contribution in [-0.4, -0.2) is 23.7 Å². The van der Waals surface area contributed by atoms with E-state index in [9.17, 15) is 9.18 Å². The highest BCUT2D eigenvalue weighted by molar-refractivity contribution is 6.31. The summed E-state index contributed by atoms with van der Waals surface area (Å²) in [5.41, 5.74) is 3.92. The van der Waals surface area contributed by atoms with E-state index in [0.29, 0.717) is 17.2 Å². The minimum absolute atomic E-state index is 0.0558. The number of fused-ring (bicyclic) bond motifs is 1. The van der Waals surface area contributed by atoms with Gasteiger partial charge in [0.2, 0.25) is 0 Å². The monoisotopic (exact) mass is 434 g/mol. The first kappa shape index (κ1) is 21.4. The van der Waals surface area contributed by atoms with Crippen LogP contribution in [0.15, 0.2) is 54.4 Å². The van der Waals surface area contributed by atoms with E-state index in [0.717, 1.165) is 27.7 Å². The summed E-state index contributed by atoms with van der Waals surface area (Å²) in [7, 11) is 0. The lowest BCUT2D eigenvalue weighted by Crippen LogP contribution is -2.05. The SMILES string of the molecule is CCOC(=O)c1ccc2c(c1)c(-c1cccc(Cl)c1)c(C)n2C/C(F)=C/CNCl. The van der Waals surface area contributed by atoms with Gasteiger partial charge in [-0.3, -0.25) is 0 Å². The second-order valence-corrected chi connectivity index (χ2v) is 7.20. The van der Waals surface area contributed by atoms with E-state index in [4.69, 9.17) is 28.1 Å². The van der Waals surface area contributed by atoms with Crippen molar-refractivity contribution in [2.45, 2.75) is 20.4 Å². The Morgan fingerprint density at radius 2 is 2.07 bits per heavy atom. The fraction of sp³-hybridized carbons (Fsp3) is 0.227. The zero-order valence-electron chi connectivity index (χ0n) is 16.1. The van der Waals surface area contributed by atoms with Crippen molar-refractivity contribution in [1.29, 1.82) is 0 Å². The van der Waals surface area contributed by atoms with Gasteiger partial charge in [0.1, 0.15) is 5.83 Å². The summed E-state index contributed by atoms with van der Waals surface area (Å²) in [5, 5.41) is 1.43. The van der Waals surface area contributed by atoms with Gasteiger partial charge in [-0.1, -0.05) is 23.7 Å². The molecular formula is C22H21Cl2FN2O2. The van der Waals surface area contributed by atoms with Crippen LogP contribution in [0, 0.1) is 6.92 Å². The summed E-state index contributed by atoms with van der Waals surface area (Å²) in [5.74, 6) is -0.707. The Morgan fingerprint density at radius 3 is 2.76 bits per heavy atom. The van der Waals surface area contributed by atoms with Gasteiger partial charge < -0.3 is 9.30 Å². The van der Waals surface area contributed by atoms with Gasteiger partial charge in [-0.05, 0) is 67.6 Å². The predicted octanol–water partition coefficient (Wildman–Crippen LogP) is 6.04. The summed E-state index contributed by atoms with van der Waals surface area (Å²) >= 11 is 11.6. The molecule has 1 aromatic heterocycles. The number of ether oxygens (including phenoxy) is 1. The Morgan fingerprint density at radius 1 is 1.28 bits per heavy atom. The molecular weight excluding hydrogens is 414 g/mol. The Labute approximate surface area is 179 Å². The average molecular weight is 435 g/mol. The second kappa shape index (κ2) is 9.44.